The van der Waals surface area contributed by atoms with Crippen LogP contribution in [0, 0.1) is 5.92 Å². The van der Waals surface area contributed by atoms with Crippen molar-refractivity contribution >= 4 is 5.91 Å². The maximum atomic E-state index is 12.1. The largest absolute Gasteiger partial charge is 0.343 e. The van der Waals surface area contributed by atoms with Gasteiger partial charge in [0.1, 0.15) is 0 Å². The first-order valence-electron chi connectivity index (χ1n) is 8.22. The molecule has 1 fully saturated rings. The lowest BCUT2D eigenvalue weighted by atomic mass is 9.90. The fraction of sp³-hybridized carbons (Fsp3) is 0.611. The molecule has 2 rings (SSSR count). The number of benzene rings is 1. The molecule has 0 spiro atoms. The summed E-state index contributed by atoms with van der Waals surface area (Å²) in [5, 5.41) is 0. The Hall–Kier alpha value is -1.35. The molecule has 1 aromatic rings. The number of rotatable bonds is 6. The number of hydrogen-bond acceptors (Lipinski definition) is 2. The van der Waals surface area contributed by atoms with Gasteiger partial charge in [-0.05, 0) is 50.5 Å². The highest BCUT2D eigenvalue weighted by atomic mass is 16.2. The van der Waals surface area contributed by atoms with Crippen molar-refractivity contribution in [2.24, 2.45) is 11.7 Å². The molecule has 1 saturated heterocycles. The first-order valence-corrected chi connectivity index (χ1v) is 8.22. The lowest BCUT2D eigenvalue weighted by Crippen LogP contribution is -2.38. The number of nitrogens with zero attached hydrogens (tertiary/aromatic N) is 1. The van der Waals surface area contributed by atoms with Crippen molar-refractivity contribution in [3.8, 4) is 0 Å². The summed E-state index contributed by atoms with van der Waals surface area (Å²) in [6.07, 6.45) is 5.93. The van der Waals surface area contributed by atoms with Crippen molar-refractivity contribution < 1.29 is 4.79 Å². The quantitative estimate of drug-likeness (QED) is 0.874. The predicted octanol–water partition coefficient (Wildman–Crippen LogP) is 2.99. The third-order valence-electron chi connectivity index (χ3n) is 4.38. The summed E-state index contributed by atoms with van der Waals surface area (Å²) in [4.78, 5) is 14.2. The average Bonchev–Trinajstić information content (AvgIpc) is 2.48. The van der Waals surface area contributed by atoms with E-state index in [2.05, 4.69) is 30.3 Å². The zero-order chi connectivity index (χ0) is 15.1. The molecule has 1 amide bonds. The van der Waals surface area contributed by atoms with Crippen molar-refractivity contribution in [2.75, 3.05) is 13.1 Å². The van der Waals surface area contributed by atoms with Gasteiger partial charge < -0.3 is 10.6 Å². The fourth-order valence-corrected chi connectivity index (χ4v) is 3.07. The molecule has 1 unspecified atom stereocenters. The van der Waals surface area contributed by atoms with Crippen LogP contribution >= 0.6 is 0 Å². The molecule has 0 bridgehead atoms. The van der Waals surface area contributed by atoms with Crippen molar-refractivity contribution in [2.45, 2.75) is 51.5 Å². The third-order valence-corrected chi connectivity index (χ3v) is 4.38. The van der Waals surface area contributed by atoms with Gasteiger partial charge in [-0.2, -0.15) is 0 Å². The number of amides is 1. The molecule has 1 atom stereocenters. The van der Waals surface area contributed by atoms with Gasteiger partial charge in [-0.3, -0.25) is 4.79 Å². The zero-order valence-electron chi connectivity index (χ0n) is 13.1. The first kappa shape index (κ1) is 16.0. The molecule has 1 aliphatic rings. The van der Waals surface area contributed by atoms with Crippen LogP contribution in [-0.4, -0.2) is 29.9 Å². The van der Waals surface area contributed by atoms with Crippen LogP contribution in [0.15, 0.2) is 30.3 Å². The minimum Gasteiger partial charge on any atom is -0.343 e. The monoisotopic (exact) mass is 288 g/mol. The number of carbonyl (C=O) groups is 1. The van der Waals surface area contributed by atoms with Crippen molar-refractivity contribution in [1.29, 1.82) is 0 Å². The minimum atomic E-state index is 0.203. The molecule has 1 aliphatic heterocycles. The molecule has 3 nitrogen and oxygen atoms in total. The van der Waals surface area contributed by atoms with Gasteiger partial charge >= 0.3 is 0 Å². The second-order valence-electron chi connectivity index (χ2n) is 6.38. The van der Waals surface area contributed by atoms with Crippen molar-refractivity contribution in [3.05, 3.63) is 35.9 Å². The van der Waals surface area contributed by atoms with E-state index in [9.17, 15) is 4.79 Å². The van der Waals surface area contributed by atoms with Gasteiger partial charge in [0.2, 0.25) is 5.91 Å². The molecule has 0 aliphatic carbocycles. The van der Waals surface area contributed by atoms with Gasteiger partial charge in [0.25, 0.3) is 0 Å². The first-order chi connectivity index (χ1) is 10.1. The lowest BCUT2D eigenvalue weighted by Gasteiger charge is -2.32. The highest BCUT2D eigenvalue weighted by molar-refractivity contribution is 5.76. The number of likely N-dealkylation sites (tertiary alicyclic amines) is 1. The SMILES string of the molecule is CC(N)CCCC(=O)N1CCC(Cc2ccccc2)CC1. The van der Waals surface area contributed by atoms with Gasteiger partial charge in [0.05, 0.1) is 0 Å². The molecule has 1 aromatic carbocycles. The maximum Gasteiger partial charge on any atom is 0.222 e. The molecular weight excluding hydrogens is 260 g/mol. The van der Waals surface area contributed by atoms with Crippen LogP contribution in [0.5, 0.6) is 0 Å². The average molecular weight is 288 g/mol. The van der Waals surface area contributed by atoms with E-state index in [1.54, 1.807) is 0 Å². The Morgan fingerprint density at radius 3 is 2.57 bits per heavy atom. The normalized spacial score (nSPS) is 17.7. The topological polar surface area (TPSA) is 46.3 Å². The molecule has 21 heavy (non-hydrogen) atoms. The number of hydrogen-bond donors (Lipinski definition) is 1. The summed E-state index contributed by atoms with van der Waals surface area (Å²) < 4.78 is 0. The Morgan fingerprint density at radius 2 is 1.95 bits per heavy atom. The maximum absolute atomic E-state index is 12.1. The summed E-state index contributed by atoms with van der Waals surface area (Å²) in [7, 11) is 0. The van der Waals surface area contributed by atoms with E-state index in [0.29, 0.717) is 12.3 Å². The van der Waals surface area contributed by atoms with E-state index in [-0.39, 0.29) is 6.04 Å². The molecule has 116 valence electrons. The Balaban J connectivity index is 1.69. The Kier molecular flexibility index (Phi) is 6.24. The van der Waals surface area contributed by atoms with E-state index in [0.717, 1.165) is 51.1 Å². The predicted molar refractivity (Wildman–Crippen MR) is 87.0 cm³/mol. The van der Waals surface area contributed by atoms with Gasteiger partial charge in [0, 0.05) is 25.6 Å². The minimum absolute atomic E-state index is 0.203. The van der Waals surface area contributed by atoms with Gasteiger partial charge in [-0.15, -0.1) is 0 Å². The van der Waals surface area contributed by atoms with Crippen LogP contribution < -0.4 is 5.73 Å². The molecule has 0 radical (unpaired) electrons. The smallest absolute Gasteiger partial charge is 0.222 e. The summed E-state index contributed by atoms with van der Waals surface area (Å²) in [5.74, 6) is 1.04. The molecule has 3 heteroatoms. The summed E-state index contributed by atoms with van der Waals surface area (Å²) in [5.41, 5.74) is 7.14. The summed E-state index contributed by atoms with van der Waals surface area (Å²) in [6.45, 7) is 3.85. The van der Waals surface area contributed by atoms with Crippen LogP contribution in [0.1, 0.15) is 44.6 Å². The van der Waals surface area contributed by atoms with Crippen LogP contribution in [0.3, 0.4) is 0 Å². The number of carbonyl (C=O) groups excluding carboxylic acids is 1. The van der Waals surface area contributed by atoms with E-state index in [4.69, 9.17) is 5.73 Å². The Bertz CT molecular complexity index is 422. The van der Waals surface area contributed by atoms with Crippen molar-refractivity contribution in [1.82, 2.24) is 4.90 Å². The van der Waals surface area contributed by atoms with Crippen molar-refractivity contribution in [3.63, 3.8) is 0 Å². The van der Waals surface area contributed by atoms with Crippen LogP contribution in [-0.2, 0) is 11.2 Å². The Labute approximate surface area is 128 Å². The molecule has 2 N–H and O–H groups in total. The fourth-order valence-electron chi connectivity index (χ4n) is 3.07. The van der Waals surface area contributed by atoms with Gasteiger partial charge in [-0.25, -0.2) is 0 Å². The second-order valence-corrected chi connectivity index (χ2v) is 6.38. The summed E-state index contributed by atoms with van der Waals surface area (Å²) in [6, 6.07) is 10.9. The Morgan fingerprint density at radius 1 is 1.29 bits per heavy atom. The highest BCUT2D eigenvalue weighted by Gasteiger charge is 2.22. The van der Waals surface area contributed by atoms with Crippen LogP contribution in [0.25, 0.3) is 0 Å². The highest BCUT2D eigenvalue weighted by Crippen LogP contribution is 2.22. The third kappa shape index (κ3) is 5.50. The van der Waals surface area contributed by atoms with E-state index in [1.165, 1.54) is 5.56 Å². The zero-order valence-corrected chi connectivity index (χ0v) is 13.1. The number of nitrogens with two attached hydrogens (primary N) is 1. The molecule has 0 saturated carbocycles. The summed E-state index contributed by atoms with van der Waals surface area (Å²) >= 11 is 0. The standard InChI is InChI=1S/C18H28N2O/c1-15(19)6-5-9-18(21)20-12-10-17(11-13-20)14-16-7-3-2-4-8-16/h2-4,7-8,15,17H,5-6,9-14,19H2,1H3. The van der Waals surface area contributed by atoms with E-state index >= 15 is 0 Å². The van der Waals surface area contributed by atoms with Crippen LogP contribution in [0.2, 0.25) is 0 Å². The molecular formula is C18H28N2O. The second kappa shape index (κ2) is 8.18. The molecule has 0 aromatic heterocycles. The van der Waals surface area contributed by atoms with Gasteiger partial charge in [-0.1, -0.05) is 30.3 Å². The van der Waals surface area contributed by atoms with Crippen LogP contribution in [0.4, 0.5) is 0 Å². The van der Waals surface area contributed by atoms with E-state index < -0.39 is 0 Å². The molecule has 1 heterocycles. The lowest BCUT2D eigenvalue weighted by molar-refractivity contribution is -0.132. The number of piperidine rings is 1. The van der Waals surface area contributed by atoms with E-state index in [1.807, 2.05) is 11.8 Å². The van der Waals surface area contributed by atoms with Gasteiger partial charge in [0.15, 0.2) is 0 Å².